The number of piperidine rings is 2. The molecule has 2 amide bonds. The number of esters is 1. The first-order valence-electron chi connectivity index (χ1n) is 13.0. The molecule has 2 heterocycles. The van der Waals surface area contributed by atoms with Gasteiger partial charge in [-0.05, 0) is 103 Å². The predicted molar refractivity (Wildman–Crippen MR) is 137 cm³/mol. The summed E-state index contributed by atoms with van der Waals surface area (Å²) >= 11 is 0. The number of aliphatic carboxylic acids is 1. The zero-order valence-electron chi connectivity index (χ0n) is 22.2. The van der Waals surface area contributed by atoms with Crippen LogP contribution in [0.15, 0.2) is 18.2 Å². The van der Waals surface area contributed by atoms with Crippen molar-refractivity contribution < 1.29 is 29.0 Å². The number of ether oxygens (including phenoxy) is 2. The van der Waals surface area contributed by atoms with Crippen LogP contribution in [-0.2, 0) is 14.3 Å². The molecule has 1 atom stereocenters. The lowest BCUT2D eigenvalue weighted by atomic mass is 9.65. The molecule has 1 aromatic carbocycles. The van der Waals surface area contributed by atoms with Crippen molar-refractivity contribution in [2.24, 2.45) is 11.3 Å². The monoisotopic (exact) mass is 503 g/mol. The maximum absolute atomic E-state index is 13.4. The van der Waals surface area contributed by atoms with E-state index in [1.807, 2.05) is 27.7 Å². The van der Waals surface area contributed by atoms with Gasteiger partial charge in [-0.1, -0.05) is 6.92 Å². The van der Waals surface area contributed by atoms with Crippen LogP contribution in [0.1, 0.15) is 65.4 Å². The van der Waals surface area contributed by atoms with Crippen LogP contribution < -0.4 is 15.4 Å². The molecule has 36 heavy (non-hydrogen) atoms. The fraction of sp³-hybridized carbons (Fsp3) is 0.667. The lowest BCUT2D eigenvalue weighted by Gasteiger charge is -2.46. The third-order valence-corrected chi connectivity index (χ3v) is 7.23. The predicted octanol–water partition coefficient (Wildman–Crippen LogP) is 4.19. The molecular formula is C27H41N3O6. The van der Waals surface area contributed by atoms with E-state index in [1.165, 1.54) is 0 Å². The largest absolute Gasteiger partial charge is 0.479 e. The highest BCUT2D eigenvalue weighted by Crippen LogP contribution is 2.45. The summed E-state index contributed by atoms with van der Waals surface area (Å²) < 4.78 is 11.4. The Balaban J connectivity index is 1.66. The van der Waals surface area contributed by atoms with Crippen LogP contribution in [0.5, 0.6) is 5.75 Å². The number of likely N-dealkylation sites (tertiary alicyclic amines) is 1. The number of carbonyl (C=O) groups is 3. The number of nitrogens with zero attached hydrogens (tertiary/aromatic N) is 1. The molecule has 0 radical (unpaired) electrons. The molecule has 0 spiro atoms. The van der Waals surface area contributed by atoms with Crippen molar-refractivity contribution in [3.8, 4) is 5.75 Å². The zero-order valence-corrected chi connectivity index (χ0v) is 22.2. The van der Waals surface area contributed by atoms with E-state index in [2.05, 4.69) is 10.6 Å². The van der Waals surface area contributed by atoms with Gasteiger partial charge < -0.3 is 30.1 Å². The summed E-state index contributed by atoms with van der Waals surface area (Å²) in [4.78, 5) is 39.5. The van der Waals surface area contributed by atoms with Gasteiger partial charge in [-0.3, -0.25) is 4.79 Å². The Hall–Kier alpha value is -2.81. The number of benzene rings is 1. The standard InChI is InChI=1S/C27H41N3O6/c1-6-22(23(31)32)35-20-7-8-21(18(2)17-20)29-25(34)30-15-11-27(12-16-30,19-9-13-28-14-10-19)24(33)36-26(3,4)5/h7-8,17,19,22,28H,6,9-16H2,1-5H3,(H,29,34)(H,31,32). The van der Waals surface area contributed by atoms with Crippen LogP contribution in [0.4, 0.5) is 10.5 Å². The van der Waals surface area contributed by atoms with Gasteiger partial charge in [-0.15, -0.1) is 0 Å². The molecule has 0 aromatic heterocycles. The summed E-state index contributed by atoms with van der Waals surface area (Å²) in [6.45, 7) is 12.0. The fourth-order valence-electron chi connectivity index (χ4n) is 5.16. The lowest BCUT2D eigenvalue weighted by molar-refractivity contribution is -0.176. The van der Waals surface area contributed by atoms with Crippen LogP contribution in [0, 0.1) is 18.3 Å². The third kappa shape index (κ3) is 6.69. The molecule has 200 valence electrons. The van der Waals surface area contributed by atoms with E-state index in [1.54, 1.807) is 30.0 Å². The highest BCUT2D eigenvalue weighted by Gasteiger charge is 2.50. The van der Waals surface area contributed by atoms with E-state index in [-0.39, 0.29) is 17.9 Å². The van der Waals surface area contributed by atoms with Gasteiger partial charge in [-0.2, -0.15) is 0 Å². The number of nitrogens with one attached hydrogen (secondary N) is 2. The first-order chi connectivity index (χ1) is 16.9. The van der Waals surface area contributed by atoms with Crippen molar-refractivity contribution >= 4 is 23.7 Å². The van der Waals surface area contributed by atoms with E-state index in [0.29, 0.717) is 43.8 Å². The number of carbonyl (C=O) groups excluding carboxylic acids is 2. The van der Waals surface area contributed by atoms with E-state index >= 15 is 0 Å². The number of hydrogen-bond donors (Lipinski definition) is 3. The molecule has 2 fully saturated rings. The minimum atomic E-state index is -1.01. The summed E-state index contributed by atoms with van der Waals surface area (Å²) in [6, 6.07) is 4.89. The quantitative estimate of drug-likeness (QED) is 0.478. The highest BCUT2D eigenvalue weighted by molar-refractivity contribution is 5.90. The van der Waals surface area contributed by atoms with Gasteiger partial charge in [-0.25, -0.2) is 9.59 Å². The summed E-state index contributed by atoms with van der Waals surface area (Å²) in [6.07, 6.45) is 2.46. The molecule has 1 aromatic rings. The number of anilines is 1. The minimum absolute atomic E-state index is 0.139. The summed E-state index contributed by atoms with van der Waals surface area (Å²) in [5.41, 5.74) is 0.288. The molecule has 9 nitrogen and oxygen atoms in total. The van der Waals surface area contributed by atoms with Crippen molar-refractivity contribution in [1.29, 1.82) is 0 Å². The Labute approximate surface area is 213 Å². The van der Waals surface area contributed by atoms with Gasteiger partial charge in [0.2, 0.25) is 0 Å². The average Bonchev–Trinajstić information content (AvgIpc) is 2.83. The van der Waals surface area contributed by atoms with Crippen molar-refractivity contribution in [2.75, 3.05) is 31.5 Å². The molecular weight excluding hydrogens is 462 g/mol. The molecule has 1 unspecified atom stereocenters. The van der Waals surface area contributed by atoms with Crippen LogP contribution in [-0.4, -0.2) is 65.9 Å². The molecule has 9 heteroatoms. The van der Waals surface area contributed by atoms with Crippen LogP contribution >= 0.6 is 0 Å². The first kappa shape index (κ1) is 27.8. The minimum Gasteiger partial charge on any atom is -0.479 e. The van der Waals surface area contributed by atoms with E-state index in [0.717, 1.165) is 31.5 Å². The van der Waals surface area contributed by atoms with Crippen LogP contribution in [0.25, 0.3) is 0 Å². The average molecular weight is 504 g/mol. The number of carboxylic acid groups (broad SMARTS) is 1. The van der Waals surface area contributed by atoms with Gasteiger partial charge in [0.25, 0.3) is 0 Å². The molecule has 2 aliphatic heterocycles. The first-order valence-corrected chi connectivity index (χ1v) is 13.0. The number of urea groups is 1. The summed E-state index contributed by atoms with van der Waals surface area (Å²) in [7, 11) is 0. The zero-order chi connectivity index (χ0) is 26.5. The van der Waals surface area contributed by atoms with Crippen molar-refractivity contribution in [3.05, 3.63) is 23.8 Å². The Bertz CT molecular complexity index is 943. The van der Waals surface area contributed by atoms with Crippen molar-refractivity contribution in [3.63, 3.8) is 0 Å². The molecule has 2 saturated heterocycles. The van der Waals surface area contributed by atoms with Gasteiger partial charge in [0, 0.05) is 18.8 Å². The smallest absolute Gasteiger partial charge is 0.344 e. The topological polar surface area (TPSA) is 117 Å². The summed E-state index contributed by atoms with van der Waals surface area (Å²) in [5.74, 6) is -0.460. The second kappa shape index (κ2) is 11.5. The Morgan fingerprint density at radius 3 is 2.36 bits per heavy atom. The van der Waals surface area contributed by atoms with E-state index in [4.69, 9.17) is 9.47 Å². The number of rotatable bonds is 7. The van der Waals surface area contributed by atoms with Crippen molar-refractivity contribution in [2.45, 2.75) is 78.4 Å². The second-order valence-corrected chi connectivity index (χ2v) is 10.9. The lowest BCUT2D eigenvalue weighted by Crippen LogP contribution is -2.54. The Kier molecular flexibility index (Phi) is 8.87. The second-order valence-electron chi connectivity index (χ2n) is 10.9. The van der Waals surface area contributed by atoms with Crippen molar-refractivity contribution in [1.82, 2.24) is 10.2 Å². The third-order valence-electron chi connectivity index (χ3n) is 7.23. The van der Waals surface area contributed by atoms with Crippen LogP contribution in [0.3, 0.4) is 0 Å². The molecule has 0 saturated carbocycles. The van der Waals surface area contributed by atoms with Gasteiger partial charge in [0.1, 0.15) is 11.4 Å². The number of hydrogen-bond acceptors (Lipinski definition) is 6. The van der Waals surface area contributed by atoms with Gasteiger partial charge in [0.15, 0.2) is 6.10 Å². The normalized spacial score (nSPS) is 19.3. The van der Waals surface area contributed by atoms with E-state index in [9.17, 15) is 19.5 Å². The maximum Gasteiger partial charge on any atom is 0.344 e. The Morgan fingerprint density at radius 2 is 1.83 bits per heavy atom. The maximum atomic E-state index is 13.4. The number of aryl methyl sites for hydroxylation is 1. The van der Waals surface area contributed by atoms with E-state index < -0.39 is 23.1 Å². The Morgan fingerprint density at radius 1 is 1.19 bits per heavy atom. The fourth-order valence-corrected chi connectivity index (χ4v) is 5.16. The molecule has 0 bridgehead atoms. The highest BCUT2D eigenvalue weighted by atomic mass is 16.6. The molecule has 3 N–H and O–H groups in total. The number of amides is 2. The number of carboxylic acids is 1. The SMILES string of the molecule is CCC(Oc1ccc(NC(=O)N2CCC(C(=O)OC(C)(C)C)(C3CCNCC3)CC2)c(C)c1)C(=O)O. The molecule has 0 aliphatic carbocycles. The molecule has 3 rings (SSSR count). The van der Waals surface area contributed by atoms with Gasteiger partial charge >= 0.3 is 18.0 Å². The molecule has 2 aliphatic rings. The van der Waals surface area contributed by atoms with Crippen LogP contribution in [0.2, 0.25) is 0 Å². The summed E-state index contributed by atoms with van der Waals surface area (Å²) in [5, 5.41) is 15.5. The van der Waals surface area contributed by atoms with Gasteiger partial charge in [0.05, 0.1) is 5.41 Å².